The Balaban J connectivity index is 1.49. The van der Waals surface area contributed by atoms with E-state index in [2.05, 4.69) is 58.2 Å². The first-order chi connectivity index (χ1) is 15.3. The molecule has 4 rings (SSSR count). The molecule has 0 amide bonds. The molecule has 1 heterocycles. The highest BCUT2D eigenvalue weighted by molar-refractivity contribution is 5.87. The van der Waals surface area contributed by atoms with Gasteiger partial charge in [-0.15, -0.1) is 0 Å². The van der Waals surface area contributed by atoms with Crippen LogP contribution < -0.4 is 9.88 Å². The number of H-pyrrole nitrogens is 1. The summed E-state index contributed by atoms with van der Waals surface area (Å²) in [5.41, 5.74) is 3.28. The van der Waals surface area contributed by atoms with Gasteiger partial charge in [-0.05, 0) is 35.4 Å². The summed E-state index contributed by atoms with van der Waals surface area (Å²) in [5, 5.41) is 16.3. The van der Waals surface area contributed by atoms with E-state index < -0.39 is 0 Å². The summed E-state index contributed by atoms with van der Waals surface area (Å²) in [4.78, 5) is 3.54. The van der Waals surface area contributed by atoms with Crippen molar-refractivity contribution >= 4 is 27.8 Å². The maximum atomic E-state index is 10.5. The summed E-state index contributed by atoms with van der Waals surface area (Å²) < 4.78 is 2.35. The maximum absolute atomic E-state index is 10.5. The first-order valence-corrected chi connectivity index (χ1v) is 11.7. The van der Waals surface area contributed by atoms with Gasteiger partial charge < -0.3 is 5.11 Å². The molecule has 0 fully saturated rings. The van der Waals surface area contributed by atoms with Crippen LogP contribution in [0.15, 0.2) is 60.7 Å². The van der Waals surface area contributed by atoms with Crippen LogP contribution in [0.2, 0.25) is 0 Å². The second-order valence-electron chi connectivity index (χ2n) is 8.40. The average molecular weight is 417 g/mol. The van der Waals surface area contributed by atoms with E-state index in [1.54, 1.807) is 6.07 Å². The lowest BCUT2D eigenvalue weighted by Gasteiger charge is -2.09. The predicted octanol–water partition coefficient (Wildman–Crippen LogP) is 6.68. The molecule has 3 aromatic carbocycles. The van der Waals surface area contributed by atoms with Crippen LogP contribution in [0.1, 0.15) is 57.4 Å². The van der Waals surface area contributed by atoms with Gasteiger partial charge in [0.25, 0.3) is 0 Å². The number of aromatic hydroxyl groups is 1. The summed E-state index contributed by atoms with van der Waals surface area (Å²) in [5.74, 6) is 1.33. The van der Waals surface area contributed by atoms with Crippen molar-refractivity contribution < 1.29 is 9.67 Å². The van der Waals surface area contributed by atoms with Gasteiger partial charge in [0.05, 0.1) is 13.1 Å². The maximum Gasteiger partial charge on any atom is 0.356 e. The quantitative estimate of drug-likeness (QED) is 0.189. The summed E-state index contributed by atoms with van der Waals surface area (Å²) in [6.45, 7) is 3.82. The fraction of sp³-hybridized carbons (Fsp3) is 0.370. The van der Waals surface area contributed by atoms with Crippen molar-refractivity contribution in [2.75, 3.05) is 5.32 Å². The van der Waals surface area contributed by atoms with Crippen LogP contribution in [0, 0.1) is 0 Å². The number of benzene rings is 3. The van der Waals surface area contributed by atoms with Crippen LogP contribution >= 0.6 is 0 Å². The minimum absolute atomic E-state index is 0.334. The van der Waals surface area contributed by atoms with E-state index in [1.165, 1.54) is 50.5 Å². The van der Waals surface area contributed by atoms with Gasteiger partial charge in [-0.1, -0.05) is 87.9 Å². The molecule has 0 aliphatic carbocycles. The Morgan fingerprint density at radius 2 is 1.58 bits per heavy atom. The lowest BCUT2D eigenvalue weighted by molar-refractivity contribution is -0.657. The molecule has 31 heavy (non-hydrogen) atoms. The molecule has 0 aliphatic rings. The third-order valence-electron chi connectivity index (χ3n) is 6.15. The van der Waals surface area contributed by atoms with E-state index in [0.29, 0.717) is 12.3 Å². The predicted molar refractivity (Wildman–Crippen MR) is 129 cm³/mol. The number of hydrogen-bond acceptors (Lipinski definition) is 2. The summed E-state index contributed by atoms with van der Waals surface area (Å²) in [6.07, 6.45) is 9.11. The van der Waals surface area contributed by atoms with E-state index in [9.17, 15) is 5.11 Å². The molecule has 0 saturated carbocycles. The smallest absolute Gasteiger partial charge is 0.356 e. The minimum atomic E-state index is 0.334. The Morgan fingerprint density at radius 3 is 2.45 bits per heavy atom. The summed E-state index contributed by atoms with van der Waals surface area (Å²) >= 11 is 0. The number of imidazole rings is 1. The first kappa shape index (κ1) is 21.2. The lowest BCUT2D eigenvalue weighted by Crippen LogP contribution is -2.36. The van der Waals surface area contributed by atoms with Gasteiger partial charge >= 0.3 is 5.95 Å². The topological polar surface area (TPSA) is 51.9 Å². The molecule has 0 radical (unpaired) electrons. The number of aromatic nitrogens is 2. The van der Waals surface area contributed by atoms with Crippen molar-refractivity contribution in [3.8, 4) is 5.75 Å². The molecule has 0 atom stereocenters. The number of nitrogens with zero attached hydrogens (tertiary/aromatic N) is 1. The highest BCUT2D eigenvalue weighted by Crippen LogP contribution is 2.27. The average Bonchev–Trinajstić information content (AvgIpc) is 3.15. The molecular weight excluding hydrogens is 382 g/mol. The first-order valence-electron chi connectivity index (χ1n) is 11.7. The molecule has 3 N–H and O–H groups in total. The number of para-hydroxylation sites is 2. The van der Waals surface area contributed by atoms with Gasteiger partial charge in [-0.2, -0.15) is 0 Å². The molecule has 162 valence electrons. The van der Waals surface area contributed by atoms with Crippen LogP contribution in [0.3, 0.4) is 0 Å². The molecule has 0 saturated heterocycles. The number of phenolic OH excluding ortho intramolecular Hbond substituents is 1. The Hall–Kier alpha value is -3.01. The van der Waals surface area contributed by atoms with Crippen LogP contribution in [-0.2, 0) is 13.1 Å². The highest BCUT2D eigenvalue weighted by Gasteiger charge is 2.18. The van der Waals surface area contributed by atoms with Crippen LogP contribution in [0.4, 0.5) is 5.95 Å². The van der Waals surface area contributed by atoms with Crippen molar-refractivity contribution in [3.05, 3.63) is 66.2 Å². The molecular formula is C27H34N3O+. The van der Waals surface area contributed by atoms with Crippen LogP contribution in [0.25, 0.3) is 21.8 Å². The number of rotatable bonds is 11. The van der Waals surface area contributed by atoms with Gasteiger partial charge in [0.1, 0.15) is 16.8 Å². The largest absolute Gasteiger partial charge is 0.508 e. The fourth-order valence-corrected chi connectivity index (χ4v) is 4.41. The third kappa shape index (κ3) is 5.01. The number of anilines is 1. The number of nitrogens with one attached hydrogen (secondary N) is 2. The second-order valence-corrected chi connectivity index (χ2v) is 8.40. The van der Waals surface area contributed by atoms with Gasteiger partial charge in [0, 0.05) is 5.56 Å². The molecule has 0 aliphatic heterocycles. The Labute approximate surface area is 184 Å². The van der Waals surface area contributed by atoms with E-state index in [4.69, 9.17) is 0 Å². The van der Waals surface area contributed by atoms with Gasteiger partial charge in [-0.3, -0.25) is 5.32 Å². The molecule has 4 aromatic rings. The van der Waals surface area contributed by atoms with E-state index >= 15 is 0 Å². The summed E-state index contributed by atoms with van der Waals surface area (Å²) in [6, 6.07) is 20.4. The number of phenols is 1. The normalized spacial score (nSPS) is 11.4. The number of aryl methyl sites for hydroxylation is 1. The van der Waals surface area contributed by atoms with Gasteiger partial charge in [0.15, 0.2) is 0 Å². The molecule has 0 spiro atoms. The van der Waals surface area contributed by atoms with E-state index in [-0.39, 0.29) is 0 Å². The number of fused-ring (bicyclic) bond motifs is 2. The third-order valence-corrected chi connectivity index (χ3v) is 6.15. The Morgan fingerprint density at radius 1 is 0.839 bits per heavy atom. The standard InChI is InChI=1S/C27H33N3O/c1-2-3-4-5-6-7-12-19-30-25-16-11-10-15-24(25)29-27(30)28-20-23-22-14-9-8-13-21(22)17-18-26(23)31/h8-11,13-18H,2-7,12,19-20H2,1H3,(H2,28,29,31)/p+1. The van der Waals surface area contributed by atoms with Crippen molar-refractivity contribution in [3.63, 3.8) is 0 Å². The minimum Gasteiger partial charge on any atom is -0.508 e. The zero-order chi connectivity index (χ0) is 21.5. The van der Waals surface area contributed by atoms with Crippen LogP contribution in [-0.4, -0.2) is 10.1 Å². The molecule has 0 unspecified atom stereocenters. The Bertz CT molecular complexity index is 1130. The number of aromatic amines is 1. The lowest BCUT2D eigenvalue weighted by atomic mass is 10.0. The fourth-order valence-electron chi connectivity index (χ4n) is 4.41. The van der Waals surface area contributed by atoms with Crippen molar-refractivity contribution in [1.29, 1.82) is 0 Å². The van der Waals surface area contributed by atoms with Gasteiger partial charge in [0.2, 0.25) is 0 Å². The van der Waals surface area contributed by atoms with Crippen LogP contribution in [0.5, 0.6) is 5.75 Å². The number of hydrogen-bond donors (Lipinski definition) is 3. The molecule has 4 nitrogen and oxygen atoms in total. The van der Waals surface area contributed by atoms with Gasteiger partial charge in [-0.25, -0.2) is 9.55 Å². The molecule has 0 bridgehead atoms. The second kappa shape index (κ2) is 10.3. The monoisotopic (exact) mass is 416 g/mol. The number of unbranched alkanes of at least 4 members (excludes halogenated alkanes) is 6. The highest BCUT2D eigenvalue weighted by atomic mass is 16.3. The summed E-state index contributed by atoms with van der Waals surface area (Å²) in [7, 11) is 0. The van der Waals surface area contributed by atoms with E-state index in [0.717, 1.165) is 34.3 Å². The SMILES string of the molecule is CCCCCCCCC[n+]1c(NCc2c(O)ccc3ccccc23)[nH]c2ccccc21. The zero-order valence-electron chi connectivity index (χ0n) is 18.5. The van der Waals surface area contributed by atoms with E-state index in [1.807, 2.05) is 18.2 Å². The molecule has 4 heteroatoms. The zero-order valence-corrected chi connectivity index (χ0v) is 18.5. The Kier molecular flexibility index (Phi) is 7.08. The molecule has 1 aromatic heterocycles. The van der Waals surface area contributed by atoms with Crippen molar-refractivity contribution in [1.82, 2.24) is 4.98 Å². The van der Waals surface area contributed by atoms with Crippen molar-refractivity contribution in [2.24, 2.45) is 0 Å². The van der Waals surface area contributed by atoms with Crippen molar-refractivity contribution in [2.45, 2.75) is 65.0 Å².